The molecule has 0 heterocycles. The average molecular weight is 271 g/mol. The lowest BCUT2D eigenvalue weighted by molar-refractivity contribution is -0.120. The van der Waals surface area contributed by atoms with Gasteiger partial charge >= 0.3 is 0 Å². The molecule has 0 aliphatic rings. The number of aliphatic hydroxyl groups is 1. The number of rotatable bonds is 6. The van der Waals surface area contributed by atoms with Gasteiger partial charge in [0.2, 0.25) is 5.91 Å². The summed E-state index contributed by atoms with van der Waals surface area (Å²) in [5.74, 6) is 0.0332. The van der Waals surface area contributed by atoms with E-state index in [2.05, 4.69) is 23.5 Å². The van der Waals surface area contributed by atoms with Crippen molar-refractivity contribution >= 4 is 16.7 Å². The maximum Gasteiger partial charge on any atom is 0.224 e. The molecule has 0 spiro atoms. The number of hydrogen-bond donors (Lipinski definition) is 2. The van der Waals surface area contributed by atoms with Gasteiger partial charge in [0, 0.05) is 6.54 Å². The first-order valence-corrected chi connectivity index (χ1v) is 7.07. The van der Waals surface area contributed by atoms with Crippen molar-refractivity contribution in [3.05, 3.63) is 48.0 Å². The molecule has 2 rings (SSSR count). The number of hydrogen-bond acceptors (Lipinski definition) is 2. The van der Waals surface area contributed by atoms with E-state index in [1.165, 1.54) is 5.39 Å². The number of carbonyl (C=O) groups excluding carboxylic acids is 1. The second-order valence-corrected chi connectivity index (χ2v) is 5.20. The monoisotopic (exact) mass is 271 g/mol. The molecule has 3 nitrogen and oxygen atoms in total. The molecule has 1 amide bonds. The minimum absolute atomic E-state index is 0.0332. The molecular formula is C17H21NO2. The molecule has 0 aliphatic heterocycles. The van der Waals surface area contributed by atoms with Crippen LogP contribution in [0.1, 0.15) is 25.3 Å². The van der Waals surface area contributed by atoms with E-state index in [-0.39, 0.29) is 12.0 Å². The van der Waals surface area contributed by atoms with E-state index in [9.17, 15) is 4.79 Å². The van der Waals surface area contributed by atoms with Gasteiger partial charge in [0.1, 0.15) is 0 Å². The molecule has 1 unspecified atom stereocenters. The molecule has 0 aliphatic carbocycles. The molecule has 0 aromatic heterocycles. The van der Waals surface area contributed by atoms with Crippen LogP contribution >= 0.6 is 0 Å². The minimum Gasteiger partial charge on any atom is -0.393 e. The standard InChI is InChI=1S/C17H21NO2/c1-13(19)5-4-10-18-17(20)12-14-8-9-15-6-2-3-7-16(15)11-14/h2-3,6-9,11,13,19H,4-5,10,12H2,1H3,(H,18,20). The van der Waals surface area contributed by atoms with Gasteiger partial charge in [-0.2, -0.15) is 0 Å². The third kappa shape index (κ3) is 4.35. The first-order valence-electron chi connectivity index (χ1n) is 7.07. The Morgan fingerprint density at radius 3 is 2.70 bits per heavy atom. The Kier molecular flexibility index (Phi) is 5.13. The van der Waals surface area contributed by atoms with E-state index in [4.69, 9.17) is 5.11 Å². The zero-order chi connectivity index (χ0) is 14.4. The van der Waals surface area contributed by atoms with Gasteiger partial charge in [0.15, 0.2) is 0 Å². The molecular weight excluding hydrogens is 250 g/mol. The van der Waals surface area contributed by atoms with E-state index in [1.54, 1.807) is 6.92 Å². The van der Waals surface area contributed by atoms with Crippen molar-refractivity contribution in [3.8, 4) is 0 Å². The minimum atomic E-state index is -0.299. The van der Waals surface area contributed by atoms with Crippen LogP contribution in [0.5, 0.6) is 0 Å². The topological polar surface area (TPSA) is 49.3 Å². The first kappa shape index (κ1) is 14.5. The maximum atomic E-state index is 11.8. The van der Waals surface area contributed by atoms with Gasteiger partial charge in [-0.1, -0.05) is 42.5 Å². The highest BCUT2D eigenvalue weighted by Gasteiger charge is 2.04. The number of nitrogens with one attached hydrogen (secondary N) is 1. The first-order chi connectivity index (χ1) is 9.65. The molecule has 3 heteroatoms. The summed E-state index contributed by atoms with van der Waals surface area (Å²) in [6.45, 7) is 2.38. The van der Waals surface area contributed by atoms with Crippen molar-refractivity contribution in [1.29, 1.82) is 0 Å². The SMILES string of the molecule is CC(O)CCCNC(=O)Cc1ccc2ccccc2c1. The van der Waals surface area contributed by atoms with Crippen molar-refractivity contribution in [2.75, 3.05) is 6.54 Å². The van der Waals surface area contributed by atoms with Crippen LogP contribution < -0.4 is 5.32 Å². The number of amides is 1. The molecule has 0 saturated carbocycles. The Morgan fingerprint density at radius 2 is 1.95 bits per heavy atom. The predicted octanol–water partition coefficient (Wildman–Crippen LogP) is 2.66. The van der Waals surface area contributed by atoms with Gasteiger partial charge in [0.05, 0.1) is 12.5 Å². The lowest BCUT2D eigenvalue weighted by atomic mass is 10.0. The van der Waals surface area contributed by atoms with E-state index in [0.717, 1.165) is 23.8 Å². The Hall–Kier alpha value is -1.87. The Labute approximate surface area is 119 Å². The van der Waals surface area contributed by atoms with Crippen LogP contribution in [0.25, 0.3) is 10.8 Å². The number of carbonyl (C=O) groups is 1. The highest BCUT2D eigenvalue weighted by molar-refractivity contribution is 5.85. The lowest BCUT2D eigenvalue weighted by Crippen LogP contribution is -2.26. The van der Waals surface area contributed by atoms with Crippen molar-refractivity contribution in [1.82, 2.24) is 5.32 Å². The van der Waals surface area contributed by atoms with E-state index in [0.29, 0.717) is 13.0 Å². The van der Waals surface area contributed by atoms with Crippen LogP contribution in [-0.4, -0.2) is 23.7 Å². The Balaban J connectivity index is 1.86. The van der Waals surface area contributed by atoms with Gasteiger partial charge in [-0.3, -0.25) is 4.79 Å². The predicted molar refractivity (Wildman–Crippen MR) is 81.6 cm³/mol. The molecule has 0 fully saturated rings. The summed E-state index contributed by atoms with van der Waals surface area (Å²) in [4.78, 5) is 11.8. The summed E-state index contributed by atoms with van der Waals surface area (Å²) in [6, 6.07) is 14.2. The largest absolute Gasteiger partial charge is 0.393 e. The quantitative estimate of drug-likeness (QED) is 0.794. The van der Waals surface area contributed by atoms with Crippen LogP contribution in [-0.2, 0) is 11.2 Å². The van der Waals surface area contributed by atoms with Crippen LogP contribution in [0.3, 0.4) is 0 Å². The van der Waals surface area contributed by atoms with E-state index >= 15 is 0 Å². The molecule has 2 N–H and O–H groups in total. The lowest BCUT2D eigenvalue weighted by Gasteiger charge is -2.07. The zero-order valence-electron chi connectivity index (χ0n) is 11.8. The van der Waals surface area contributed by atoms with Crippen LogP contribution in [0.2, 0.25) is 0 Å². The van der Waals surface area contributed by atoms with Crippen molar-refractivity contribution < 1.29 is 9.90 Å². The summed E-state index contributed by atoms with van der Waals surface area (Å²) < 4.78 is 0. The van der Waals surface area contributed by atoms with Gasteiger partial charge in [-0.25, -0.2) is 0 Å². The fraction of sp³-hybridized carbons (Fsp3) is 0.353. The summed E-state index contributed by atoms with van der Waals surface area (Å²) in [5.41, 5.74) is 1.02. The van der Waals surface area contributed by atoms with Crippen molar-refractivity contribution in [2.24, 2.45) is 0 Å². The Bertz CT molecular complexity index is 578. The molecule has 0 bridgehead atoms. The average Bonchev–Trinajstić information content (AvgIpc) is 2.43. The van der Waals surface area contributed by atoms with Gasteiger partial charge in [-0.05, 0) is 36.1 Å². The fourth-order valence-electron chi connectivity index (χ4n) is 2.22. The zero-order valence-corrected chi connectivity index (χ0v) is 11.8. The second kappa shape index (κ2) is 7.06. The number of fused-ring (bicyclic) bond motifs is 1. The number of aliphatic hydroxyl groups excluding tert-OH is 1. The van der Waals surface area contributed by atoms with Gasteiger partial charge in [0.25, 0.3) is 0 Å². The Morgan fingerprint density at radius 1 is 1.20 bits per heavy atom. The summed E-state index contributed by atoms with van der Waals surface area (Å²) in [5, 5.41) is 14.4. The molecule has 20 heavy (non-hydrogen) atoms. The molecule has 0 saturated heterocycles. The molecule has 106 valence electrons. The van der Waals surface area contributed by atoms with Crippen molar-refractivity contribution in [2.45, 2.75) is 32.3 Å². The third-order valence-corrected chi connectivity index (χ3v) is 3.30. The van der Waals surface area contributed by atoms with Crippen LogP contribution in [0, 0.1) is 0 Å². The molecule has 1 atom stereocenters. The molecule has 2 aromatic rings. The van der Waals surface area contributed by atoms with E-state index in [1.807, 2.05) is 24.3 Å². The van der Waals surface area contributed by atoms with Crippen LogP contribution in [0.15, 0.2) is 42.5 Å². The van der Waals surface area contributed by atoms with Gasteiger partial charge < -0.3 is 10.4 Å². The maximum absolute atomic E-state index is 11.8. The number of benzene rings is 2. The molecule has 2 aromatic carbocycles. The second-order valence-electron chi connectivity index (χ2n) is 5.20. The third-order valence-electron chi connectivity index (χ3n) is 3.30. The van der Waals surface area contributed by atoms with Crippen LogP contribution in [0.4, 0.5) is 0 Å². The highest BCUT2D eigenvalue weighted by atomic mass is 16.3. The normalized spacial score (nSPS) is 12.3. The highest BCUT2D eigenvalue weighted by Crippen LogP contribution is 2.15. The smallest absolute Gasteiger partial charge is 0.224 e. The summed E-state index contributed by atoms with van der Waals surface area (Å²) in [6.07, 6.45) is 1.63. The molecule has 0 radical (unpaired) electrons. The fourth-order valence-corrected chi connectivity index (χ4v) is 2.22. The van der Waals surface area contributed by atoms with E-state index < -0.39 is 0 Å². The summed E-state index contributed by atoms with van der Waals surface area (Å²) >= 11 is 0. The summed E-state index contributed by atoms with van der Waals surface area (Å²) in [7, 11) is 0. The van der Waals surface area contributed by atoms with Crippen molar-refractivity contribution in [3.63, 3.8) is 0 Å². The van der Waals surface area contributed by atoms with Gasteiger partial charge in [-0.15, -0.1) is 0 Å².